The zero-order valence-corrected chi connectivity index (χ0v) is 45.0. The number of hydrogen-bond acceptors (Lipinski definition) is 6. The number of unbranched alkanes of at least 4 members (excludes halogenated alkanes) is 24. The molecule has 0 aliphatic carbocycles. The number of carbonyl (C=O) groups excluding carboxylic acids is 3. The molecule has 0 aromatic rings. The summed E-state index contributed by atoms with van der Waals surface area (Å²) in [5.74, 6) is -0.918. The van der Waals surface area contributed by atoms with Crippen LogP contribution in [0.3, 0.4) is 0 Å². The first-order valence-corrected chi connectivity index (χ1v) is 28.7. The number of esters is 3. The van der Waals surface area contributed by atoms with Gasteiger partial charge in [0.15, 0.2) is 6.10 Å². The molecule has 0 fully saturated rings. The van der Waals surface area contributed by atoms with Gasteiger partial charge in [-0.3, -0.25) is 14.4 Å². The molecular weight excluding hydrogens is 853 g/mol. The molecule has 394 valence electrons. The standard InChI is InChI=1S/C63H106O6/c1-4-7-10-13-16-19-22-24-26-28-30-31-33-34-36-38-41-44-47-50-53-56-62(65)68-59-60(58-67-61(64)55-52-49-46-43-40-21-18-15-12-9-6-3)69-63(66)57-54-51-48-45-42-39-37-35-32-29-27-25-23-20-17-14-11-8-5-2/h7,10,15-20,24-27,30-32,35,60H,4-6,8-9,11-14,21-23,28-29,33-34,36-59H2,1-3H3/b10-7-,18-15-,19-16-,20-17-,26-24-,27-25-,31-30-,35-32-. The topological polar surface area (TPSA) is 78.9 Å². The number of ether oxygens (including phenoxy) is 3. The van der Waals surface area contributed by atoms with E-state index in [1.807, 2.05) is 0 Å². The van der Waals surface area contributed by atoms with Gasteiger partial charge in [0.1, 0.15) is 13.2 Å². The van der Waals surface area contributed by atoms with Gasteiger partial charge in [0, 0.05) is 19.3 Å². The Hall–Kier alpha value is -3.67. The number of rotatable bonds is 51. The Morgan fingerprint density at radius 3 is 0.942 bits per heavy atom. The van der Waals surface area contributed by atoms with Crippen LogP contribution in [0, 0.1) is 0 Å². The van der Waals surface area contributed by atoms with Crippen molar-refractivity contribution in [3.63, 3.8) is 0 Å². The summed E-state index contributed by atoms with van der Waals surface area (Å²) < 4.78 is 16.8. The van der Waals surface area contributed by atoms with Crippen LogP contribution in [0.1, 0.15) is 265 Å². The molecule has 1 unspecified atom stereocenters. The minimum atomic E-state index is -0.792. The molecule has 0 saturated carbocycles. The summed E-state index contributed by atoms with van der Waals surface area (Å²) >= 11 is 0. The predicted octanol–water partition coefficient (Wildman–Crippen LogP) is 19.3. The number of carbonyl (C=O) groups is 3. The van der Waals surface area contributed by atoms with Crippen molar-refractivity contribution in [2.75, 3.05) is 13.2 Å². The first kappa shape index (κ1) is 65.3. The molecule has 0 heterocycles. The van der Waals surface area contributed by atoms with E-state index in [9.17, 15) is 14.4 Å². The average molecular weight is 960 g/mol. The molecule has 69 heavy (non-hydrogen) atoms. The highest BCUT2D eigenvalue weighted by atomic mass is 16.6. The first-order valence-electron chi connectivity index (χ1n) is 28.7. The summed E-state index contributed by atoms with van der Waals surface area (Å²) in [6.07, 6.45) is 75.4. The van der Waals surface area contributed by atoms with E-state index in [-0.39, 0.29) is 31.1 Å². The second-order valence-electron chi connectivity index (χ2n) is 18.8. The van der Waals surface area contributed by atoms with Crippen LogP contribution in [-0.2, 0) is 28.6 Å². The van der Waals surface area contributed by atoms with Crippen LogP contribution in [-0.4, -0.2) is 37.2 Å². The summed E-state index contributed by atoms with van der Waals surface area (Å²) in [6.45, 7) is 6.44. The SMILES string of the molecule is CC/C=C\C/C=C\C/C=C\C/C=C\CCCCCCCCCCC(=O)OCC(COC(=O)CCCCCCC/C=C\CCCC)OC(=O)CCCCCCCC/C=C\C/C=C\C/C=C\CCCCC. The Balaban J connectivity index is 4.38. The quantitative estimate of drug-likeness (QED) is 0.0262. The largest absolute Gasteiger partial charge is 0.462 e. The highest BCUT2D eigenvalue weighted by Gasteiger charge is 2.19. The maximum Gasteiger partial charge on any atom is 0.306 e. The zero-order valence-electron chi connectivity index (χ0n) is 45.0. The molecule has 0 spiro atoms. The molecule has 0 rings (SSSR count). The third-order valence-corrected chi connectivity index (χ3v) is 12.0. The van der Waals surface area contributed by atoms with Gasteiger partial charge in [0.25, 0.3) is 0 Å². The summed E-state index contributed by atoms with van der Waals surface area (Å²) in [5, 5.41) is 0. The number of hydrogen-bond donors (Lipinski definition) is 0. The zero-order chi connectivity index (χ0) is 50.0. The van der Waals surface area contributed by atoms with E-state index in [4.69, 9.17) is 14.2 Å². The van der Waals surface area contributed by atoms with Gasteiger partial charge < -0.3 is 14.2 Å². The molecule has 0 aliphatic rings. The lowest BCUT2D eigenvalue weighted by atomic mass is 10.1. The van der Waals surface area contributed by atoms with Crippen LogP contribution in [0.5, 0.6) is 0 Å². The molecule has 6 heteroatoms. The van der Waals surface area contributed by atoms with Crippen LogP contribution < -0.4 is 0 Å². The van der Waals surface area contributed by atoms with E-state index in [2.05, 4.69) is 118 Å². The van der Waals surface area contributed by atoms with E-state index in [1.54, 1.807) is 0 Å². The average Bonchev–Trinajstić information content (AvgIpc) is 3.35. The monoisotopic (exact) mass is 959 g/mol. The first-order chi connectivity index (χ1) is 34.0. The molecule has 1 atom stereocenters. The summed E-state index contributed by atoms with van der Waals surface area (Å²) in [4.78, 5) is 38.1. The fourth-order valence-electron chi connectivity index (χ4n) is 7.71. The third kappa shape index (κ3) is 55.1. The van der Waals surface area contributed by atoms with Gasteiger partial charge in [0.05, 0.1) is 0 Å². The Bertz CT molecular complexity index is 1380. The van der Waals surface area contributed by atoms with Gasteiger partial charge in [-0.2, -0.15) is 0 Å². The fourth-order valence-corrected chi connectivity index (χ4v) is 7.71. The lowest BCUT2D eigenvalue weighted by molar-refractivity contribution is -0.167. The Morgan fingerprint density at radius 2 is 0.580 bits per heavy atom. The van der Waals surface area contributed by atoms with E-state index in [1.165, 1.54) is 103 Å². The van der Waals surface area contributed by atoms with Crippen molar-refractivity contribution < 1.29 is 28.6 Å². The lowest BCUT2D eigenvalue weighted by Crippen LogP contribution is -2.30. The normalized spacial score (nSPS) is 12.8. The molecule has 0 amide bonds. The van der Waals surface area contributed by atoms with E-state index in [0.717, 1.165) is 122 Å². The van der Waals surface area contributed by atoms with Gasteiger partial charge >= 0.3 is 17.9 Å². The minimum absolute atomic E-state index is 0.0903. The minimum Gasteiger partial charge on any atom is -0.462 e. The Labute approximate surface area is 426 Å². The summed E-state index contributed by atoms with van der Waals surface area (Å²) in [6, 6.07) is 0. The molecule has 0 saturated heterocycles. The van der Waals surface area contributed by atoms with Crippen molar-refractivity contribution in [3.8, 4) is 0 Å². The van der Waals surface area contributed by atoms with Gasteiger partial charge in [-0.15, -0.1) is 0 Å². The van der Waals surface area contributed by atoms with Gasteiger partial charge in [-0.25, -0.2) is 0 Å². The predicted molar refractivity (Wildman–Crippen MR) is 297 cm³/mol. The summed E-state index contributed by atoms with van der Waals surface area (Å²) in [7, 11) is 0. The van der Waals surface area contributed by atoms with Gasteiger partial charge in [-0.05, 0) is 116 Å². The number of allylic oxidation sites excluding steroid dienone is 16. The van der Waals surface area contributed by atoms with E-state index in [0.29, 0.717) is 19.3 Å². The van der Waals surface area contributed by atoms with Crippen LogP contribution in [0.2, 0.25) is 0 Å². The van der Waals surface area contributed by atoms with Crippen LogP contribution in [0.25, 0.3) is 0 Å². The molecule has 6 nitrogen and oxygen atoms in total. The molecule has 0 aromatic heterocycles. The lowest BCUT2D eigenvalue weighted by Gasteiger charge is -2.18. The second kappa shape index (κ2) is 56.9. The van der Waals surface area contributed by atoms with Crippen molar-refractivity contribution in [1.29, 1.82) is 0 Å². The van der Waals surface area contributed by atoms with Crippen LogP contribution in [0.15, 0.2) is 97.2 Å². The molecule has 0 radical (unpaired) electrons. The van der Waals surface area contributed by atoms with Crippen molar-refractivity contribution >= 4 is 17.9 Å². The second-order valence-corrected chi connectivity index (χ2v) is 18.8. The maximum absolute atomic E-state index is 12.9. The Kier molecular flexibility index (Phi) is 53.9. The fraction of sp³-hybridized carbons (Fsp3) is 0.698. The van der Waals surface area contributed by atoms with Crippen molar-refractivity contribution in [2.45, 2.75) is 271 Å². The molecule has 0 aliphatic heterocycles. The molecule has 0 N–H and O–H groups in total. The molecule has 0 bridgehead atoms. The highest BCUT2D eigenvalue weighted by Crippen LogP contribution is 2.14. The maximum atomic E-state index is 12.9. The van der Waals surface area contributed by atoms with Crippen molar-refractivity contribution in [2.24, 2.45) is 0 Å². The van der Waals surface area contributed by atoms with Crippen molar-refractivity contribution in [3.05, 3.63) is 97.2 Å². The highest BCUT2D eigenvalue weighted by molar-refractivity contribution is 5.71. The molecule has 0 aromatic carbocycles. The van der Waals surface area contributed by atoms with E-state index < -0.39 is 6.10 Å². The molecular formula is C63H106O6. The van der Waals surface area contributed by atoms with Gasteiger partial charge in [0.2, 0.25) is 0 Å². The van der Waals surface area contributed by atoms with Gasteiger partial charge in [-0.1, -0.05) is 227 Å². The van der Waals surface area contributed by atoms with E-state index >= 15 is 0 Å². The van der Waals surface area contributed by atoms with Crippen molar-refractivity contribution in [1.82, 2.24) is 0 Å². The third-order valence-electron chi connectivity index (χ3n) is 12.0. The van der Waals surface area contributed by atoms with Crippen LogP contribution >= 0.6 is 0 Å². The smallest absolute Gasteiger partial charge is 0.306 e. The summed E-state index contributed by atoms with van der Waals surface area (Å²) in [5.41, 5.74) is 0. The van der Waals surface area contributed by atoms with Crippen LogP contribution in [0.4, 0.5) is 0 Å². The Morgan fingerprint density at radius 1 is 0.304 bits per heavy atom.